The van der Waals surface area contributed by atoms with Gasteiger partial charge in [0.15, 0.2) is 35.3 Å². The number of ketones is 4. The predicted octanol–water partition coefficient (Wildman–Crippen LogP) is 5.99. The third-order valence-electron chi connectivity index (χ3n) is 21.3. The summed E-state index contributed by atoms with van der Waals surface area (Å²) in [6.45, 7) is 30.2. The largest absolute Gasteiger partial charge is 0.480 e. The molecule has 0 bridgehead atoms. The van der Waals surface area contributed by atoms with E-state index in [2.05, 4.69) is 16.6 Å². The normalized spacial score (nSPS) is 40.9. The third kappa shape index (κ3) is 18.0. The average molecular weight is 1380 g/mol. The third-order valence-corrected chi connectivity index (χ3v) is 21.3. The van der Waals surface area contributed by atoms with E-state index in [1.165, 1.54) is 33.8 Å². The first-order chi connectivity index (χ1) is 44.9. The molecule has 27 heteroatoms. The number of ether oxygens (including phenoxy) is 12. The molecule has 4 N–H and O–H groups in total. The topological polar surface area (TPSA) is 318 Å². The van der Waals surface area contributed by atoms with Crippen molar-refractivity contribution in [3.8, 4) is 12.3 Å². The molecule has 6 aliphatic heterocycles. The van der Waals surface area contributed by atoms with E-state index >= 15 is 0 Å². The Kier molecular flexibility index (Phi) is 28.3. The highest BCUT2D eigenvalue weighted by Crippen LogP contribution is 2.45. The van der Waals surface area contributed by atoms with E-state index in [4.69, 9.17) is 63.3 Å². The Morgan fingerprint density at radius 2 is 0.948 bits per heavy atom. The maximum atomic E-state index is 14.6. The fraction of sp³-hybridized carbons (Fsp3) is 0.829. The van der Waals surface area contributed by atoms with Crippen molar-refractivity contribution in [2.45, 2.75) is 271 Å². The van der Waals surface area contributed by atoms with Crippen molar-refractivity contribution < 1.29 is 105 Å². The first-order valence-electron chi connectivity index (χ1n) is 34.2. The lowest BCUT2D eigenvalue weighted by molar-refractivity contribution is -0.300. The maximum Gasteiger partial charge on any atom is 0.480 e. The number of hydrogen-bond acceptors (Lipinski definition) is 24. The van der Waals surface area contributed by atoms with Crippen molar-refractivity contribution in [3.63, 3.8) is 0 Å². The van der Waals surface area contributed by atoms with Gasteiger partial charge in [0.05, 0.1) is 54.3 Å². The van der Waals surface area contributed by atoms with Gasteiger partial charge >= 0.3 is 31.2 Å². The molecule has 26 nitrogen and oxygen atoms in total. The standard InChI is InChI=1S/C35H59BN2O12.C35H56N2O10/c1-13-24-35(9)27(37-32(42)50-35)21(4)25(39)19(2)18-34(8,46-16-14-15-36(43)44)29(22(5)28(40)33(6,7)31(41)48-24)49-30-26(45-12)23(38(10)11)17-20(3)47-30;1-14-16-43-34(9)18-19(3)25(38)21(5)27-35(10,47-32(41)36-27)24(15-2)45-31(40)33(7,8)28(39)22(6)29(34)46-30-26(42-13)23(37(11)12)17-20(4)44-30/h14-15,19-24,26-27,29-30,43-44H,13,16-18H2,1-12H3,(H,37,42);1,19-24,26-27,29-30H,15-18H2,2-13H3,(H,36,41)/b15-14+;/t2*19-,20-,21+,22+,23+,24-,26-,27-,29-,30?,34+,35-/m11/s1. The highest BCUT2D eigenvalue weighted by molar-refractivity contribution is 6.47. The maximum absolute atomic E-state index is 14.6. The Morgan fingerprint density at radius 1 is 0.588 bits per heavy atom. The van der Waals surface area contributed by atoms with Crippen molar-refractivity contribution in [1.29, 1.82) is 0 Å². The molecule has 0 aliphatic carbocycles. The zero-order chi connectivity index (χ0) is 73.6. The molecule has 0 aromatic carbocycles. The van der Waals surface area contributed by atoms with Gasteiger partial charge in [-0.3, -0.25) is 28.8 Å². The number of alkyl carbamates (subject to hydrolysis) is 2. The van der Waals surface area contributed by atoms with E-state index in [0.29, 0.717) is 12.8 Å². The first kappa shape index (κ1) is 82.7. The average Bonchev–Trinajstić information content (AvgIpc) is 1.75. The van der Waals surface area contributed by atoms with Gasteiger partial charge in [-0.2, -0.15) is 0 Å². The van der Waals surface area contributed by atoms with Gasteiger partial charge in [0.2, 0.25) is 0 Å². The van der Waals surface area contributed by atoms with Crippen LogP contribution in [0, 0.1) is 58.7 Å². The van der Waals surface area contributed by atoms with Crippen molar-refractivity contribution in [1.82, 2.24) is 20.4 Å². The summed E-state index contributed by atoms with van der Waals surface area (Å²) in [5, 5.41) is 24.4. The molecule has 0 aromatic heterocycles. The summed E-state index contributed by atoms with van der Waals surface area (Å²) >= 11 is 0. The van der Waals surface area contributed by atoms with Crippen molar-refractivity contribution in [2.24, 2.45) is 46.3 Å². The molecule has 6 saturated heterocycles. The number of esters is 2. The monoisotopic (exact) mass is 1370 g/mol. The van der Waals surface area contributed by atoms with E-state index in [0.717, 1.165) is 5.98 Å². The van der Waals surface area contributed by atoms with E-state index in [9.17, 15) is 48.4 Å². The quantitative estimate of drug-likeness (QED) is 0.0453. The van der Waals surface area contributed by atoms with E-state index in [-0.39, 0.29) is 74.8 Å². The van der Waals surface area contributed by atoms with Gasteiger partial charge in [-0.15, -0.1) is 6.42 Å². The second-order valence-corrected chi connectivity index (χ2v) is 30.1. The highest BCUT2D eigenvalue weighted by Gasteiger charge is 2.61. The number of carbonyl (C=O) groups excluding carboxylic acids is 8. The van der Waals surface area contributed by atoms with Crippen LogP contribution in [0.5, 0.6) is 0 Å². The van der Waals surface area contributed by atoms with E-state index in [1.54, 1.807) is 97.3 Å². The smallest absolute Gasteiger partial charge is 0.457 e. The highest BCUT2D eigenvalue weighted by atomic mass is 16.7. The molecule has 6 rings (SSSR count). The number of Topliss-reactive ketones (excluding diaryl/α,β-unsaturated/α-hetero) is 4. The van der Waals surface area contributed by atoms with Crippen LogP contribution >= 0.6 is 0 Å². The summed E-state index contributed by atoms with van der Waals surface area (Å²) in [4.78, 5) is 115. The Hall–Kier alpha value is -4.96. The molecule has 0 spiro atoms. The first-order valence-corrected chi connectivity index (χ1v) is 34.2. The Labute approximate surface area is 575 Å². The van der Waals surface area contributed by atoms with E-state index in [1.807, 2.05) is 51.8 Å². The molecule has 6 aliphatic rings. The SMILES string of the molecule is C#CCO[C@@]1(C)C[C@@H](C)C(=O)[C@H](C)[C@H]2NC(=O)O[C@]2(C)[C@@H](CC)OC(=O)C(C)(C)C(=O)[C@H](C)[C@H]1OC1O[C@H](C)C[C@H](N(C)C)[C@H]1OC.CC[C@H]1OC(=O)C(C)(C)C(=O)[C@H](C)[C@@H](OC2O[C@H](C)C[C@H](N(C)C)[C@H]2OC)[C@@](C)(OC/C=C/B(O)O)C[C@@H](C)C(=O)[C@H](C)[C@H]2NC(=O)O[C@@]21C. The van der Waals surface area contributed by atoms with Crippen LogP contribution in [0.3, 0.4) is 0 Å². The van der Waals surface area contributed by atoms with Crippen LogP contribution in [0.2, 0.25) is 0 Å². The van der Waals surface area contributed by atoms with Gasteiger partial charge in [0.25, 0.3) is 0 Å². The summed E-state index contributed by atoms with van der Waals surface area (Å²) < 4.78 is 74.4. The number of likely N-dealkylation sites (N-methyl/N-ethyl adjacent to an activating group) is 2. The second-order valence-electron chi connectivity index (χ2n) is 30.1. The minimum Gasteiger partial charge on any atom is -0.457 e. The Balaban J connectivity index is 0.000000351. The van der Waals surface area contributed by atoms with Crippen molar-refractivity contribution in [2.75, 3.05) is 55.6 Å². The summed E-state index contributed by atoms with van der Waals surface area (Å²) in [5.74, 6) is -4.18. The molecule has 0 saturated carbocycles. The van der Waals surface area contributed by atoms with Crippen LogP contribution in [-0.2, 0) is 85.6 Å². The lowest BCUT2D eigenvalue weighted by Crippen LogP contribution is -2.61. The number of carbonyl (C=O) groups is 8. The van der Waals surface area contributed by atoms with Gasteiger partial charge in [0.1, 0.15) is 53.4 Å². The van der Waals surface area contributed by atoms with Crippen LogP contribution < -0.4 is 10.6 Å². The van der Waals surface area contributed by atoms with Crippen molar-refractivity contribution >= 4 is 54.4 Å². The number of nitrogens with one attached hydrogen (secondary N) is 2. The minimum atomic E-state index is -1.72. The van der Waals surface area contributed by atoms with Crippen LogP contribution in [0.25, 0.3) is 0 Å². The fourth-order valence-electron chi connectivity index (χ4n) is 15.7. The van der Waals surface area contributed by atoms with Crippen LogP contribution in [0.15, 0.2) is 12.1 Å². The summed E-state index contributed by atoms with van der Waals surface area (Å²) in [7, 11) is 9.20. The number of terminal acetylenes is 1. The predicted molar refractivity (Wildman–Crippen MR) is 357 cm³/mol. The molecular formula is C70H115BN4O22. The zero-order valence-corrected chi connectivity index (χ0v) is 62.0. The molecular weight excluding hydrogens is 1260 g/mol. The molecule has 2 unspecified atom stereocenters. The molecule has 6 fully saturated rings. The van der Waals surface area contributed by atoms with Gasteiger partial charge in [-0.1, -0.05) is 73.4 Å². The summed E-state index contributed by atoms with van der Waals surface area (Å²) in [6, 6.07) is -1.82. The number of rotatable bonds is 16. The second kappa shape index (κ2) is 33.2. The van der Waals surface area contributed by atoms with Gasteiger partial charge < -0.3 is 87.3 Å². The van der Waals surface area contributed by atoms with Gasteiger partial charge in [0, 0.05) is 61.8 Å². The van der Waals surface area contributed by atoms with Crippen LogP contribution in [0.4, 0.5) is 9.59 Å². The Morgan fingerprint density at radius 3 is 1.27 bits per heavy atom. The van der Waals surface area contributed by atoms with Gasteiger partial charge in [-0.05, 0) is 136 Å². The zero-order valence-electron chi connectivity index (χ0n) is 62.0. The van der Waals surface area contributed by atoms with Gasteiger partial charge in [-0.25, -0.2) is 9.59 Å². The summed E-state index contributed by atoms with van der Waals surface area (Å²) in [6.07, 6.45) is 0.189. The van der Waals surface area contributed by atoms with E-state index < -0.39 is 173 Å². The van der Waals surface area contributed by atoms with Crippen molar-refractivity contribution in [3.05, 3.63) is 12.1 Å². The van der Waals surface area contributed by atoms with Crippen LogP contribution in [0.1, 0.15) is 163 Å². The summed E-state index contributed by atoms with van der Waals surface area (Å²) in [5.41, 5.74) is -8.83. The lowest BCUT2D eigenvalue weighted by Gasteiger charge is -2.48. The minimum absolute atomic E-state index is 0.0470. The number of nitrogens with zero attached hydrogens (tertiary/aromatic N) is 2. The molecule has 550 valence electrons. The number of methoxy groups -OCH3 is 2. The number of amides is 2. The number of fused-ring (bicyclic) bond motifs is 2. The number of hydrogen-bond donors (Lipinski definition) is 4. The molecule has 24 atom stereocenters. The molecule has 0 aromatic rings. The lowest BCUT2D eigenvalue weighted by atomic mass is 9.71. The molecule has 2 amide bonds. The fourth-order valence-corrected chi connectivity index (χ4v) is 15.7. The Bertz CT molecular complexity index is 2850. The number of cyclic esters (lactones) is 2. The van der Waals surface area contributed by atoms with Crippen LogP contribution in [-0.4, -0.2) is 238 Å². The molecule has 6 heterocycles. The molecule has 97 heavy (non-hydrogen) atoms. The molecule has 0 radical (unpaired) electrons.